The van der Waals surface area contributed by atoms with Gasteiger partial charge in [-0.25, -0.2) is 4.79 Å². The van der Waals surface area contributed by atoms with Crippen LogP contribution >= 0.6 is 35.0 Å². The van der Waals surface area contributed by atoms with Crippen LogP contribution in [-0.4, -0.2) is 41.0 Å². The smallest absolute Gasteiger partial charge is 0.407 e. The number of thioether (sulfide) groups is 1. The van der Waals surface area contributed by atoms with Crippen LogP contribution in [-0.2, 0) is 0 Å². The Kier molecular flexibility index (Phi) is 5.68. The first-order valence-corrected chi connectivity index (χ1v) is 11.1. The molecule has 0 spiro atoms. The molecule has 1 saturated heterocycles. The highest BCUT2D eigenvalue weighted by Crippen LogP contribution is 2.49. The first-order valence-electron chi connectivity index (χ1n) is 9.38. The number of ether oxygens (including phenoxy) is 1. The van der Waals surface area contributed by atoms with Crippen LogP contribution < -0.4 is 4.74 Å². The van der Waals surface area contributed by atoms with Gasteiger partial charge >= 0.3 is 6.09 Å². The highest BCUT2D eigenvalue weighted by atomic mass is 35.5. The second kappa shape index (κ2) is 8.05. The predicted octanol–water partition coefficient (Wildman–Crippen LogP) is 6.39. The Morgan fingerprint density at radius 2 is 2.14 bits per heavy atom. The Balaban J connectivity index is 1.79. The number of benzene rings is 2. The van der Waals surface area contributed by atoms with Crippen LogP contribution in [0.3, 0.4) is 0 Å². The number of hydrogen-bond acceptors (Lipinski definition) is 3. The van der Waals surface area contributed by atoms with Crippen molar-refractivity contribution >= 4 is 41.1 Å². The number of amides is 1. The standard InChI is InChI=1S/C21H21Cl2NO3S/c1-2-7-28-19-9-12(14-4-3-13(22)10-17(14)23)8-15-16-11-24(21(25)26)6-5-18(16)27-20(15)19/h3-4,8-10,16,18H,2,5-7,11H2,1H3,(H,25,26). The van der Waals surface area contributed by atoms with Crippen molar-refractivity contribution < 1.29 is 14.6 Å². The number of rotatable bonds is 4. The molecule has 2 atom stereocenters. The number of hydrogen-bond donors (Lipinski definition) is 1. The summed E-state index contributed by atoms with van der Waals surface area (Å²) >= 11 is 14.3. The molecule has 2 aromatic carbocycles. The molecule has 2 heterocycles. The number of nitrogens with zero attached hydrogens (tertiary/aromatic N) is 1. The van der Waals surface area contributed by atoms with Crippen molar-refractivity contribution in [3.05, 3.63) is 45.9 Å². The van der Waals surface area contributed by atoms with Gasteiger partial charge in [-0.2, -0.15) is 0 Å². The normalized spacial score (nSPS) is 20.5. The second-order valence-electron chi connectivity index (χ2n) is 7.15. The Morgan fingerprint density at radius 3 is 2.86 bits per heavy atom. The lowest BCUT2D eigenvalue weighted by atomic mass is 9.88. The van der Waals surface area contributed by atoms with Gasteiger partial charge in [0.25, 0.3) is 0 Å². The summed E-state index contributed by atoms with van der Waals surface area (Å²) in [6.45, 7) is 3.12. The van der Waals surface area contributed by atoms with Gasteiger partial charge in [0.2, 0.25) is 0 Å². The summed E-state index contributed by atoms with van der Waals surface area (Å²) in [6.07, 6.45) is 0.929. The van der Waals surface area contributed by atoms with Crippen molar-refractivity contribution in [3.8, 4) is 16.9 Å². The average Bonchev–Trinajstić information content (AvgIpc) is 3.04. The summed E-state index contributed by atoms with van der Waals surface area (Å²) in [4.78, 5) is 14.1. The van der Waals surface area contributed by atoms with E-state index in [9.17, 15) is 9.90 Å². The van der Waals surface area contributed by atoms with Crippen molar-refractivity contribution in [2.45, 2.75) is 36.7 Å². The molecule has 1 fully saturated rings. The molecule has 0 radical (unpaired) electrons. The van der Waals surface area contributed by atoms with E-state index < -0.39 is 6.09 Å². The molecule has 4 nitrogen and oxygen atoms in total. The molecule has 0 aliphatic carbocycles. The number of likely N-dealkylation sites (tertiary alicyclic amines) is 1. The molecule has 2 unspecified atom stereocenters. The molecule has 7 heteroatoms. The van der Waals surface area contributed by atoms with Crippen LogP contribution in [0.4, 0.5) is 4.79 Å². The van der Waals surface area contributed by atoms with Crippen LogP contribution in [0, 0.1) is 0 Å². The third-order valence-corrected chi connectivity index (χ3v) is 7.05. The first kappa shape index (κ1) is 19.7. The molecule has 1 amide bonds. The number of piperidine rings is 1. The van der Waals surface area contributed by atoms with Crippen LogP contribution in [0.5, 0.6) is 5.75 Å². The van der Waals surface area contributed by atoms with Gasteiger partial charge in [-0.3, -0.25) is 0 Å². The zero-order valence-corrected chi connectivity index (χ0v) is 17.8. The fraction of sp³-hybridized carbons (Fsp3) is 0.381. The van der Waals surface area contributed by atoms with E-state index in [1.54, 1.807) is 17.8 Å². The van der Waals surface area contributed by atoms with Crippen LogP contribution in [0.25, 0.3) is 11.1 Å². The average molecular weight is 438 g/mol. The Morgan fingerprint density at radius 1 is 1.32 bits per heavy atom. The minimum absolute atomic E-state index is 0.0301. The van der Waals surface area contributed by atoms with Gasteiger partial charge in [0.15, 0.2) is 0 Å². The quantitative estimate of drug-likeness (QED) is 0.562. The van der Waals surface area contributed by atoms with Crippen molar-refractivity contribution in [1.82, 2.24) is 4.90 Å². The van der Waals surface area contributed by atoms with Gasteiger partial charge in [-0.15, -0.1) is 11.8 Å². The molecular weight excluding hydrogens is 417 g/mol. The molecular formula is C21H21Cl2NO3S. The maximum atomic E-state index is 11.5. The van der Waals surface area contributed by atoms with E-state index in [0.717, 1.165) is 39.5 Å². The molecule has 4 rings (SSSR count). The van der Waals surface area contributed by atoms with E-state index in [2.05, 4.69) is 19.1 Å². The summed E-state index contributed by atoms with van der Waals surface area (Å²) in [5.41, 5.74) is 3.01. The topological polar surface area (TPSA) is 49.8 Å². The second-order valence-corrected chi connectivity index (χ2v) is 9.13. The van der Waals surface area contributed by atoms with Gasteiger partial charge in [0.1, 0.15) is 11.9 Å². The van der Waals surface area contributed by atoms with Gasteiger partial charge in [0, 0.05) is 46.6 Å². The zero-order chi connectivity index (χ0) is 19.8. The number of halogens is 2. The SMILES string of the molecule is CCCSc1cc(-c2ccc(Cl)cc2Cl)cc2c1OC1CCN(C(=O)O)CC21. The van der Waals surface area contributed by atoms with E-state index >= 15 is 0 Å². The third-order valence-electron chi connectivity index (χ3n) is 5.28. The highest BCUT2D eigenvalue weighted by molar-refractivity contribution is 7.99. The van der Waals surface area contributed by atoms with E-state index in [4.69, 9.17) is 27.9 Å². The lowest BCUT2D eigenvalue weighted by molar-refractivity contribution is 0.0892. The van der Waals surface area contributed by atoms with E-state index in [1.165, 1.54) is 4.90 Å². The predicted molar refractivity (Wildman–Crippen MR) is 114 cm³/mol. The lowest BCUT2D eigenvalue weighted by Crippen LogP contribution is -2.43. The molecule has 0 saturated carbocycles. The van der Waals surface area contributed by atoms with Crippen molar-refractivity contribution in [2.75, 3.05) is 18.8 Å². The Hall–Kier alpha value is -1.56. The maximum absolute atomic E-state index is 11.5. The molecule has 1 N–H and O–H groups in total. The van der Waals surface area contributed by atoms with Crippen molar-refractivity contribution in [3.63, 3.8) is 0 Å². The lowest BCUT2D eigenvalue weighted by Gasteiger charge is -2.32. The fourth-order valence-corrected chi connectivity index (χ4v) is 5.37. The highest BCUT2D eigenvalue weighted by Gasteiger charge is 2.41. The van der Waals surface area contributed by atoms with Crippen LogP contribution in [0.15, 0.2) is 35.2 Å². The monoisotopic (exact) mass is 437 g/mol. The number of carboxylic acid groups (broad SMARTS) is 1. The van der Waals surface area contributed by atoms with Gasteiger partial charge in [0.05, 0.1) is 4.90 Å². The molecule has 148 valence electrons. The van der Waals surface area contributed by atoms with Gasteiger partial charge in [-0.05, 0) is 42.0 Å². The molecule has 28 heavy (non-hydrogen) atoms. The molecule has 2 aromatic rings. The largest absolute Gasteiger partial charge is 0.488 e. The number of fused-ring (bicyclic) bond motifs is 3. The van der Waals surface area contributed by atoms with Gasteiger partial charge in [-0.1, -0.05) is 36.2 Å². The van der Waals surface area contributed by atoms with Crippen molar-refractivity contribution in [2.24, 2.45) is 0 Å². The summed E-state index contributed by atoms with van der Waals surface area (Å²) in [5.74, 6) is 1.95. The third kappa shape index (κ3) is 3.68. The summed E-state index contributed by atoms with van der Waals surface area (Å²) in [7, 11) is 0. The zero-order valence-electron chi connectivity index (χ0n) is 15.5. The minimum Gasteiger partial charge on any atom is -0.488 e. The Bertz CT molecular complexity index is 921. The van der Waals surface area contributed by atoms with Crippen LogP contribution in [0.1, 0.15) is 31.2 Å². The Labute approximate surface area is 178 Å². The summed E-state index contributed by atoms with van der Waals surface area (Å²) < 4.78 is 6.31. The number of carbonyl (C=O) groups is 1. The fourth-order valence-electron chi connectivity index (χ4n) is 3.92. The molecule has 0 aromatic heterocycles. The van der Waals surface area contributed by atoms with Crippen molar-refractivity contribution in [1.29, 1.82) is 0 Å². The molecule has 2 aliphatic heterocycles. The van der Waals surface area contributed by atoms with Gasteiger partial charge < -0.3 is 14.7 Å². The minimum atomic E-state index is -0.871. The van der Waals surface area contributed by atoms with E-state index in [1.807, 2.05) is 12.1 Å². The van der Waals surface area contributed by atoms with E-state index in [-0.39, 0.29) is 12.0 Å². The maximum Gasteiger partial charge on any atom is 0.407 e. The van der Waals surface area contributed by atoms with Crippen LogP contribution in [0.2, 0.25) is 10.0 Å². The molecule has 0 bridgehead atoms. The van der Waals surface area contributed by atoms with E-state index in [0.29, 0.717) is 29.6 Å². The first-order chi connectivity index (χ1) is 13.5. The molecule has 2 aliphatic rings. The summed E-state index contributed by atoms with van der Waals surface area (Å²) in [6, 6.07) is 9.74. The summed E-state index contributed by atoms with van der Waals surface area (Å²) in [5, 5.41) is 10.6.